The van der Waals surface area contributed by atoms with Gasteiger partial charge in [-0.15, -0.1) is 0 Å². The molecule has 6 heteroatoms. The number of amides is 1. The zero-order valence-corrected chi connectivity index (χ0v) is 46.8. The molecule has 0 spiro atoms. The molecule has 0 heterocycles. The van der Waals surface area contributed by atoms with Crippen molar-refractivity contribution in [2.75, 3.05) is 13.2 Å². The highest BCUT2D eigenvalue weighted by Gasteiger charge is 2.20. The number of ether oxygens (including phenoxy) is 1. The van der Waals surface area contributed by atoms with Crippen molar-refractivity contribution in [1.29, 1.82) is 0 Å². The molecule has 0 radical (unpaired) electrons. The monoisotopic (exact) mass is 974 g/mol. The Hall–Kier alpha value is -1.40. The molecule has 2 unspecified atom stereocenters. The molecule has 0 saturated heterocycles. The number of unbranched alkanes of at least 4 members (excludes halogenated alkanes) is 46. The van der Waals surface area contributed by atoms with Crippen LogP contribution >= 0.6 is 0 Å². The van der Waals surface area contributed by atoms with E-state index >= 15 is 0 Å². The van der Waals surface area contributed by atoms with Gasteiger partial charge in [0.15, 0.2) is 0 Å². The number of hydrogen-bond donors (Lipinski definition) is 3. The Bertz CT molecular complexity index is 1030. The van der Waals surface area contributed by atoms with E-state index in [9.17, 15) is 19.8 Å². The van der Waals surface area contributed by atoms with Gasteiger partial charge in [-0.1, -0.05) is 302 Å². The predicted octanol–water partition coefficient (Wildman–Crippen LogP) is 19.6. The highest BCUT2D eigenvalue weighted by Crippen LogP contribution is 2.18. The van der Waals surface area contributed by atoms with Crippen LogP contribution in [0.3, 0.4) is 0 Å². The van der Waals surface area contributed by atoms with Gasteiger partial charge in [-0.2, -0.15) is 0 Å². The lowest BCUT2D eigenvalue weighted by Gasteiger charge is -2.22. The lowest BCUT2D eigenvalue weighted by atomic mass is 10.0. The van der Waals surface area contributed by atoms with Crippen molar-refractivity contribution in [3.8, 4) is 0 Å². The number of aliphatic hydroxyl groups excluding tert-OH is 2. The number of carbonyl (C=O) groups is 2. The summed E-state index contributed by atoms with van der Waals surface area (Å²) in [6, 6.07) is -0.540. The number of carbonyl (C=O) groups excluding carboxylic acids is 2. The highest BCUT2D eigenvalue weighted by molar-refractivity contribution is 5.76. The number of aliphatic hydroxyl groups is 2. The third-order valence-corrected chi connectivity index (χ3v) is 14.8. The maximum atomic E-state index is 12.5. The van der Waals surface area contributed by atoms with Gasteiger partial charge < -0.3 is 20.3 Å². The van der Waals surface area contributed by atoms with E-state index in [1.54, 1.807) is 0 Å². The Labute approximate surface area is 431 Å². The molecule has 0 aliphatic carbocycles. The first-order chi connectivity index (χ1) is 34.0. The molecule has 2 atom stereocenters. The van der Waals surface area contributed by atoms with Gasteiger partial charge in [-0.05, 0) is 51.4 Å². The average molecular weight is 975 g/mol. The molecule has 6 nitrogen and oxygen atoms in total. The molecule has 0 aromatic carbocycles. The van der Waals surface area contributed by atoms with Crippen LogP contribution in [-0.2, 0) is 14.3 Å². The Morgan fingerprint density at radius 3 is 1.03 bits per heavy atom. The zero-order valence-electron chi connectivity index (χ0n) is 46.8. The molecule has 0 aromatic heterocycles. The van der Waals surface area contributed by atoms with Gasteiger partial charge in [-0.3, -0.25) is 9.59 Å². The van der Waals surface area contributed by atoms with Crippen molar-refractivity contribution in [2.24, 2.45) is 0 Å². The van der Waals surface area contributed by atoms with Crippen LogP contribution in [0.5, 0.6) is 0 Å². The fourth-order valence-electron chi connectivity index (χ4n) is 9.99. The van der Waals surface area contributed by atoms with Gasteiger partial charge in [0.1, 0.15) is 0 Å². The Morgan fingerprint density at radius 2 is 0.681 bits per heavy atom. The van der Waals surface area contributed by atoms with Gasteiger partial charge in [0.25, 0.3) is 0 Å². The first-order valence-electron chi connectivity index (χ1n) is 31.4. The van der Waals surface area contributed by atoms with Gasteiger partial charge in [0.05, 0.1) is 25.4 Å². The number of esters is 1. The second-order valence-electron chi connectivity index (χ2n) is 21.7. The van der Waals surface area contributed by atoms with Crippen molar-refractivity contribution in [3.63, 3.8) is 0 Å². The van der Waals surface area contributed by atoms with E-state index in [-0.39, 0.29) is 18.5 Å². The van der Waals surface area contributed by atoms with Crippen LogP contribution in [0.15, 0.2) is 12.2 Å². The lowest BCUT2D eigenvalue weighted by Crippen LogP contribution is -2.45. The number of hydrogen-bond acceptors (Lipinski definition) is 5. The minimum atomic E-state index is -0.663. The normalized spacial score (nSPS) is 12.6. The lowest BCUT2D eigenvalue weighted by molar-refractivity contribution is -0.143. The van der Waals surface area contributed by atoms with Crippen LogP contribution in [0, 0.1) is 0 Å². The molecular weight excluding hydrogens is 851 g/mol. The van der Waals surface area contributed by atoms with E-state index < -0.39 is 12.1 Å². The smallest absolute Gasteiger partial charge is 0.305 e. The first-order valence-corrected chi connectivity index (χ1v) is 31.4. The zero-order chi connectivity index (χ0) is 50.0. The molecule has 0 rings (SSSR count). The standard InChI is InChI=1S/C63H123NO5/c1-3-5-7-9-11-13-15-17-19-29-33-37-41-45-49-53-57-63(68)69-58-54-50-46-42-38-34-30-27-25-23-21-20-22-24-26-28-32-36-40-44-48-52-56-62(67)64-60(59-65)61(66)55-51-47-43-39-35-31-18-16-14-12-10-8-6-4-2/h19,29,60-61,65-66H,3-18,20-28,30-59H2,1-2H3,(H,64,67)/b29-19-. The SMILES string of the molecule is CCCCCCCCC/C=C\CCCCCCCC(=O)OCCCCCCCCCCCCCCCCCCCCCCCCC(=O)NC(CO)C(O)CCCCCCCCCCCCCCCC. The second-order valence-corrected chi connectivity index (χ2v) is 21.7. The summed E-state index contributed by atoms with van der Waals surface area (Å²) in [6.07, 6.45) is 70.8. The van der Waals surface area contributed by atoms with Crippen molar-refractivity contribution >= 4 is 11.9 Å². The van der Waals surface area contributed by atoms with Gasteiger partial charge >= 0.3 is 5.97 Å². The van der Waals surface area contributed by atoms with Gasteiger partial charge in [0.2, 0.25) is 5.91 Å². The molecule has 69 heavy (non-hydrogen) atoms. The summed E-state index contributed by atoms with van der Waals surface area (Å²) in [7, 11) is 0. The molecule has 0 aliphatic rings. The third kappa shape index (κ3) is 55.8. The Morgan fingerprint density at radius 1 is 0.391 bits per heavy atom. The van der Waals surface area contributed by atoms with E-state index in [2.05, 4.69) is 31.3 Å². The number of rotatable bonds is 59. The third-order valence-electron chi connectivity index (χ3n) is 14.8. The van der Waals surface area contributed by atoms with E-state index in [1.165, 1.54) is 276 Å². The first kappa shape index (κ1) is 67.6. The summed E-state index contributed by atoms with van der Waals surface area (Å²) in [5.41, 5.74) is 0. The molecule has 0 saturated carbocycles. The molecule has 0 bridgehead atoms. The Kier molecular flexibility index (Phi) is 58.0. The summed E-state index contributed by atoms with van der Waals surface area (Å²) < 4.78 is 5.49. The van der Waals surface area contributed by atoms with Gasteiger partial charge in [-0.25, -0.2) is 0 Å². The molecule has 0 aromatic rings. The number of nitrogens with one attached hydrogen (secondary N) is 1. The second kappa shape index (κ2) is 59.2. The van der Waals surface area contributed by atoms with Crippen molar-refractivity contribution in [3.05, 3.63) is 12.2 Å². The maximum Gasteiger partial charge on any atom is 0.305 e. The van der Waals surface area contributed by atoms with Crippen LogP contribution in [0.4, 0.5) is 0 Å². The van der Waals surface area contributed by atoms with Crippen molar-refractivity contribution < 1.29 is 24.5 Å². The molecule has 0 fully saturated rings. The summed E-state index contributed by atoms with van der Waals surface area (Å²) in [4.78, 5) is 24.5. The van der Waals surface area contributed by atoms with Crippen LogP contribution in [0.2, 0.25) is 0 Å². The summed E-state index contributed by atoms with van der Waals surface area (Å²) in [5, 5.41) is 23.3. The van der Waals surface area contributed by atoms with Crippen LogP contribution in [-0.4, -0.2) is 47.4 Å². The van der Waals surface area contributed by atoms with Crippen LogP contribution < -0.4 is 5.32 Å². The predicted molar refractivity (Wildman–Crippen MR) is 301 cm³/mol. The molecular formula is C63H123NO5. The van der Waals surface area contributed by atoms with E-state index in [1.807, 2.05) is 0 Å². The topological polar surface area (TPSA) is 95.9 Å². The Balaban J connectivity index is 3.36. The summed E-state index contributed by atoms with van der Waals surface area (Å²) in [5.74, 6) is -0.0264. The minimum absolute atomic E-state index is 0.00663. The van der Waals surface area contributed by atoms with Crippen molar-refractivity contribution in [2.45, 2.75) is 366 Å². The molecule has 3 N–H and O–H groups in total. The van der Waals surface area contributed by atoms with Gasteiger partial charge in [0, 0.05) is 12.8 Å². The fraction of sp³-hybridized carbons (Fsp3) is 0.937. The average Bonchev–Trinajstić information content (AvgIpc) is 3.35. The summed E-state index contributed by atoms with van der Waals surface area (Å²) >= 11 is 0. The largest absolute Gasteiger partial charge is 0.466 e. The van der Waals surface area contributed by atoms with Crippen LogP contribution in [0.25, 0.3) is 0 Å². The quantitative estimate of drug-likeness (QED) is 0.0321. The molecule has 1 amide bonds. The fourth-order valence-corrected chi connectivity index (χ4v) is 9.99. The van der Waals surface area contributed by atoms with Crippen molar-refractivity contribution in [1.82, 2.24) is 5.32 Å². The minimum Gasteiger partial charge on any atom is -0.466 e. The van der Waals surface area contributed by atoms with Crippen LogP contribution in [0.1, 0.15) is 354 Å². The van der Waals surface area contributed by atoms with E-state index in [0.717, 1.165) is 44.9 Å². The maximum absolute atomic E-state index is 12.5. The molecule has 0 aliphatic heterocycles. The number of allylic oxidation sites excluding steroid dienone is 2. The summed E-state index contributed by atoms with van der Waals surface area (Å²) in [6.45, 7) is 4.97. The van der Waals surface area contributed by atoms with E-state index in [4.69, 9.17) is 4.74 Å². The van der Waals surface area contributed by atoms with E-state index in [0.29, 0.717) is 25.9 Å². The molecule has 410 valence electrons. The highest BCUT2D eigenvalue weighted by atomic mass is 16.5.